The maximum atomic E-state index is 11.7. The molecular formula is C15H17NO4. The molecule has 1 atom stereocenters. The van der Waals surface area contributed by atoms with E-state index in [1.54, 1.807) is 18.2 Å². The first-order valence-corrected chi connectivity index (χ1v) is 6.76. The molecule has 1 fully saturated rings. The topological polar surface area (TPSA) is 69.4 Å². The number of carbonyl (C=O) groups excluding carboxylic acids is 1. The maximum Gasteiger partial charge on any atom is 0.334 e. The van der Waals surface area contributed by atoms with Crippen LogP contribution < -0.4 is 0 Å². The highest BCUT2D eigenvalue weighted by Gasteiger charge is 2.28. The van der Waals surface area contributed by atoms with Crippen LogP contribution in [0.2, 0.25) is 0 Å². The van der Waals surface area contributed by atoms with E-state index in [0.29, 0.717) is 12.0 Å². The molecule has 0 N–H and O–H groups in total. The Morgan fingerprint density at radius 3 is 2.70 bits per heavy atom. The number of benzene rings is 1. The SMILES string of the molecule is CCCCC1C/C(=C\c2ccc([N+](=O)[O-])cc2)C(=O)O1. The van der Waals surface area contributed by atoms with Crippen molar-refractivity contribution in [2.45, 2.75) is 38.7 Å². The first kappa shape index (κ1) is 14.2. The summed E-state index contributed by atoms with van der Waals surface area (Å²) in [7, 11) is 0. The van der Waals surface area contributed by atoms with Gasteiger partial charge < -0.3 is 4.74 Å². The van der Waals surface area contributed by atoms with E-state index in [1.165, 1.54) is 12.1 Å². The molecular weight excluding hydrogens is 258 g/mol. The zero-order chi connectivity index (χ0) is 14.5. The highest BCUT2D eigenvalue weighted by molar-refractivity contribution is 5.95. The lowest BCUT2D eigenvalue weighted by Gasteiger charge is -2.05. The third-order valence-corrected chi connectivity index (χ3v) is 3.31. The average molecular weight is 275 g/mol. The van der Waals surface area contributed by atoms with Crippen molar-refractivity contribution in [2.75, 3.05) is 0 Å². The predicted molar refractivity (Wildman–Crippen MR) is 75.1 cm³/mol. The molecule has 2 rings (SSSR count). The minimum Gasteiger partial charge on any atom is -0.459 e. The van der Waals surface area contributed by atoms with Crippen LogP contribution in [0.25, 0.3) is 6.08 Å². The standard InChI is InChI=1S/C15H17NO4/c1-2-3-4-14-10-12(15(17)20-14)9-11-5-7-13(8-6-11)16(18)19/h5-9,14H,2-4,10H2,1H3/b12-9+. The largest absolute Gasteiger partial charge is 0.459 e. The number of hydrogen-bond acceptors (Lipinski definition) is 4. The summed E-state index contributed by atoms with van der Waals surface area (Å²) >= 11 is 0. The fraction of sp³-hybridized carbons (Fsp3) is 0.400. The summed E-state index contributed by atoms with van der Waals surface area (Å²) in [6.45, 7) is 2.10. The summed E-state index contributed by atoms with van der Waals surface area (Å²) in [6, 6.07) is 6.14. The van der Waals surface area contributed by atoms with E-state index in [4.69, 9.17) is 4.74 Å². The second-order valence-electron chi connectivity index (χ2n) is 4.89. The van der Waals surface area contributed by atoms with Gasteiger partial charge in [-0.05, 0) is 30.2 Å². The molecule has 1 aliphatic heterocycles. The van der Waals surface area contributed by atoms with Gasteiger partial charge in [0.15, 0.2) is 0 Å². The number of rotatable bonds is 5. The van der Waals surface area contributed by atoms with Crippen LogP contribution in [0.5, 0.6) is 0 Å². The number of esters is 1. The molecule has 1 aromatic carbocycles. The first-order valence-electron chi connectivity index (χ1n) is 6.76. The molecule has 1 unspecified atom stereocenters. The number of carbonyl (C=O) groups is 1. The van der Waals surface area contributed by atoms with Gasteiger partial charge in [0.1, 0.15) is 6.10 Å². The number of nitro groups is 1. The van der Waals surface area contributed by atoms with Crippen LogP contribution >= 0.6 is 0 Å². The Bertz CT molecular complexity index is 533. The van der Waals surface area contributed by atoms with Gasteiger partial charge in [0, 0.05) is 24.1 Å². The summed E-state index contributed by atoms with van der Waals surface area (Å²) in [5, 5.41) is 10.6. The third-order valence-electron chi connectivity index (χ3n) is 3.31. The first-order chi connectivity index (χ1) is 9.60. The molecule has 1 heterocycles. The summed E-state index contributed by atoms with van der Waals surface area (Å²) in [5.41, 5.74) is 1.46. The number of nitrogens with zero attached hydrogens (tertiary/aromatic N) is 1. The van der Waals surface area contributed by atoms with Crippen LogP contribution in [-0.4, -0.2) is 17.0 Å². The second kappa shape index (κ2) is 6.32. The Balaban J connectivity index is 2.07. The van der Waals surface area contributed by atoms with E-state index in [9.17, 15) is 14.9 Å². The van der Waals surface area contributed by atoms with E-state index in [1.807, 2.05) is 0 Å². The quantitative estimate of drug-likeness (QED) is 0.357. The van der Waals surface area contributed by atoms with Gasteiger partial charge in [-0.3, -0.25) is 10.1 Å². The van der Waals surface area contributed by atoms with E-state index < -0.39 is 4.92 Å². The summed E-state index contributed by atoms with van der Waals surface area (Å²) in [5.74, 6) is -0.274. The molecule has 5 nitrogen and oxygen atoms in total. The molecule has 0 bridgehead atoms. The monoisotopic (exact) mass is 275 g/mol. The normalized spacial score (nSPS) is 20.1. The summed E-state index contributed by atoms with van der Waals surface area (Å²) < 4.78 is 5.29. The Hall–Kier alpha value is -2.17. The Labute approximate surface area is 117 Å². The van der Waals surface area contributed by atoms with Crippen LogP contribution in [-0.2, 0) is 9.53 Å². The van der Waals surface area contributed by atoms with Crippen LogP contribution in [0.1, 0.15) is 38.2 Å². The minimum atomic E-state index is -0.443. The zero-order valence-corrected chi connectivity index (χ0v) is 11.4. The number of non-ortho nitro benzene ring substituents is 1. The molecule has 1 aromatic rings. The van der Waals surface area contributed by atoms with Gasteiger partial charge in [-0.1, -0.05) is 19.8 Å². The lowest BCUT2D eigenvalue weighted by Crippen LogP contribution is -2.05. The fourth-order valence-corrected chi connectivity index (χ4v) is 2.20. The van der Waals surface area contributed by atoms with E-state index in [2.05, 4.69) is 6.92 Å². The highest BCUT2D eigenvalue weighted by Crippen LogP contribution is 2.26. The Morgan fingerprint density at radius 1 is 1.40 bits per heavy atom. The number of ether oxygens (including phenoxy) is 1. The van der Waals surface area contributed by atoms with Gasteiger partial charge in [-0.2, -0.15) is 0 Å². The van der Waals surface area contributed by atoms with Crippen molar-refractivity contribution in [1.29, 1.82) is 0 Å². The van der Waals surface area contributed by atoms with E-state index in [-0.39, 0.29) is 17.8 Å². The molecule has 1 saturated heterocycles. The average Bonchev–Trinajstić information content (AvgIpc) is 2.77. The zero-order valence-electron chi connectivity index (χ0n) is 11.4. The predicted octanol–water partition coefficient (Wildman–Crippen LogP) is 3.48. The van der Waals surface area contributed by atoms with E-state index in [0.717, 1.165) is 24.8 Å². The molecule has 1 aliphatic rings. The Morgan fingerprint density at radius 2 is 2.10 bits per heavy atom. The van der Waals surface area contributed by atoms with E-state index >= 15 is 0 Å². The lowest BCUT2D eigenvalue weighted by molar-refractivity contribution is -0.384. The summed E-state index contributed by atoms with van der Waals surface area (Å²) in [6.07, 6.45) is 5.36. The smallest absolute Gasteiger partial charge is 0.334 e. The third kappa shape index (κ3) is 3.44. The van der Waals surface area contributed by atoms with Gasteiger partial charge in [0.25, 0.3) is 5.69 Å². The van der Waals surface area contributed by atoms with Crippen molar-refractivity contribution in [3.05, 3.63) is 45.5 Å². The van der Waals surface area contributed by atoms with Crippen molar-refractivity contribution in [2.24, 2.45) is 0 Å². The van der Waals surface area contributed by atoms with Gasteiger partial charge in [0.05, 0.1) is 4.92 Å². The molecule has 0 aliphatic carbocycles. The number of hydrogen-bond donors (Lipinski definition) is 0. The van der Waals surface area contributed by atoms with Gasteiger partial charge >= 0.3 is 5.97 Å². The van der Waals surface area contributed by atoms with Crippen LogP contribution in [0.3, 0.4) is 0 Å². The van der Waals surface area contributed by atoms with Crippen molar-refractivity contribution in [3.8, 4) is 0 Å². The molecule has 5 heteroatoms. The number of nitro benzene ring substituents is 1. The lowest BCUT2D eigenvalue weighted by atomic mass is 10.0. The molecule has 20 heavy (non-hydrogen) atoms. The van der Waals surface area contributed by atoms with Crippen LogP contribution in [0.4, 0.5) is 5.69 Å². The van der Waals surface area contributed by atoms with Crippen molar-refractivity contribution in [3.63, 3.8) is 0 Å². The number of cyclic esters (lactones) is 1. The molecule has 106 valence electrons. The van der Waals surface area contributed by atoms with Crippen molar-refractivity contribution in [1.82, 2.24) is 0 Å². The van der Waals surface area contributed by atoms with Gasteiger partial charge in [-0.15, -0.1) is 0 Å². The molecule has 0 spiro atoms. The second-order valence-corrected chi connectivity index (χ2v) is 4.89. The minimum absolute atomic E-state index is 0.0215. The molecule has 0 radical (unpaired) electrons. The fourth-order valence-electron chi connectivity index (χ4n) is 2.20. The molecule has 0 amide bonds. The van der Waals surface area contributed by atoms with Crippen molar-refractivity contribution < 1.29 is 14.5 Å². The van der Waals surface area contributed by atoms with Crippen LogP contribution in [0, 0.1) is 10.1 Å². The molecule has 0 aromatic heterocycles. The summed E-state index contributed by atoms with van der Waals surface area (Å²) in [4.78, 5) is 21.9. The number of unbranched alkanes of at least 4 members (excludes halogenated alkanes) is 1. The highest BCUT2D eigenvalue weighted by atomic mass is 16.6. The van der Waals surface area contributed by atoms with Crippen molar-refractivity contribution >= 4 is 17.7 Å². The Kier molecular flexibility index (Phi) is 4.50. The van der Waals surface area contributed by atoms with Gasteiger partial charge in [0.2, 0.25) is 0 Å². The molecule has 0 saturated carbocycles. The van der Waals surface area contributed by atoms with Crippen LogP contribution in [0.15, 0.2) is 29.8 Å². The van der Waals surface area contributed by atoms with Gasteiger partial charge in [-0.25, -0.2) is 4.79 Å². The maximum absolute atomic E-state index is 11.7.